The molecule has 1 saturated heterocycles. The number of aromatic nitrogens is 5. The van der Waals surface area contributed by atoms with Crippen LogP contribution in [0.4, 0.5) is 5.69 Å². The van der Waals surface area contributed by atoms with Crippen LogP contribution in [0.5, 0.6) is 0 Å². The van der Waals surface area contributed by atoms with Crippen molar-refractivity contribution in [3.05, 3.63) is 59.4 Å². The van der Waals surface area contributed by atoms with Gasteiger partial charge < -0.3 is 5.32 Å². The highest BCUT2D eigenvalue weighted by Gasteiger charge is 2.38. The Kier molecular flexibility index (Phi) is 5.79. The van der Waals surface area contributed by atoms with Gasteiger partial charge in [-0.15, -0.1) is 0 Å². The van der Waals surface area contributed by atoms with Crippen LogP contribution in [0.3, 0.4) is 0 Å². The third kappa shape index (κ3) is 4.38. The van der Waals surface area contributed by atoms with Gasteiger partial charge in [0.2, 0.25) is 0 Å². The molecule has 0 radical (unpaired) electrons. The molecule has 1 fully saturated rings. The average molecular weight is 483 g/mol. The first-order chi connectivity index (χ1) is 16.2. The molecule has 1 amide bonds. The third-order valence-electron chi connectivity index (χ3n) is 7.03. The molecule has 3 aromatic heterocycles. The fraction of sp³-hybridized carbons (Fsp3) is 0.500. The summed E-state index contributed by atoms with van der Waals surface area (Å²) >= 11 is 0. The zero-order chi connectivity index (χ0) is 23.9. The van der Waals surface area contributed by atoms with E-state index in [9.17, 15) is 13.2 Å². The van der Waals surface area contributed by atoms with Crippen LogP contribution in [0.1, 0.15) is 72.9 Å². The Hall–Kier alpha value is -3.01. The number of hydrogen-bond donors (Lipinski definition) is 2. The number of sulfone groups is 1. The lowest BCUT2D eigenvalue weighted by Crippen LogP contribution is -2.37. The summed E-state index contributed by atoms with van der Waals surface area (Å²) in [5, 5.41) is 14.1. The summed E-state index contributed by atoms with van der Waals surface area (Å²) in [5.74, 6) is -0.111. The second-order valence-electron chi connectivity index (χ2n) is 10.2. The average Bonchev–Trinajstić information content (AvgIpc) is 3.42. The lowest BCUT2D eigenvalue weighted by Gasteiger charge is -2.30. The smallest absolute Gasteiger partial charge is 0.276 e. The molecule has 4 heterocycles. The van der Waals surface area contributed by atoms with Crippen molar-refractivity contribution < 1.29 is 13.2 Å². The zero-order valence-corrected chi connectivity index (χ0v) is 20.3. The van der Waals surface area contributed by atoms with E-state index in [-0.39, 0.29) is 17.1 Å². The standard InChI is InChI=1S/C24H30N6O3S/c1-24(2)9-8-18-19(12-24)28-29-21(18)23(31)27-17-14-26-30(15-17)22(16-6-5-10-25-13-16)20-7-3-4-11-34(20,32)33/h5-6,10,13-15,20,22H,3-4,7-9,11-12H2,1-2H3,(H,27,31)(H,28,29). The summed E-state index contributed by atoms with van der Waals surface area (Å²) in [4.78, 5) is 17.2. The maximum absolute atomic E-state index is 13.0. The third-order valence-corrected chi connectivity index (χ3v) is 9.30. The van der Waals surface area contributed by atoms with Crippen molar-refractivity contribution in [3.63, 3.8) is 0 Å². The van der Waals surface area contributed by atoms with Gasteiger partial charge in [-0.3, -0.25) is 19.6 Å². The fourth-order valence-electron chi connectivity index (χ4n) is 5.20. The maximum Gasteiger partial charge on any atom is 0.276 e. The molecule has 2 aliphatic rings. The highest BCUT2D eigenvalue weighted by atomic mass is 32.2. The van der Waals surface area contributed by atoms with E-state index in [1.54, 1.807) is 35.5 Å². The van der Waals surface area contributed by atoms with Crippen LogP contribution in [-0.2, 0) is 22.7 Å². The highest BCUT2D eigenvalue weighted by Crippen LogP contribution is 2.36. The number of amides is 1. The Bertz CT molecular complexity index is 1300. The number of hydrogen-bond acceptors (Lipinski definition) is 6. The highest BCUT2D eigenvalue weighted by molar-refractivity contribution is 7.92. The van der Waals surface area contributed by atoms with Crippen LogP contribution >= 0.6 is 0 Å². The second kappa shape index (κ2) is 8.65. The molecule has 9 nitrogen and oxygen atoms in total. The number of carbonyl (C=O) groups excluding carboxylic acids is 1. The molecular weight excluding hydrogens is 452 g/mol. The van der Waals surface area contributed by atoms with E-state index in [0.717, 1.165) is 42.5 Å². The van der Waals surface area contributed by atoms with Gasteiger partial charge in [0, 0.05) is 29.8 Å². The second-order valence-corrected chi connectivity index (χ2v) is 12.5. The van der Waals surface area contributed by atoms with Crippen molar-refractivity contribution >= 4 is 21.4 Å². The van der Waals surface area contributed by atoms with Gasteiger partial charge in [-0.25, -0.2) is 8.42 Å². The number of pyridine rings is 1. The molecule has 180 valence electrons. The van der Waals surface area contributed by atoms with Gasteiger partial charge in [-0.1, -0.05) is 26.3 Å². The minimum Gasteiger partial charge on any atom is -0.318 e. The SMILES string of the molecule is CC1(C)CCc2c(C(=O)Nc3cnn(C(c4cccnc4)C4CCCCS4(=O)=O)c3)n[nH]c2C1. The largest absolute Gasteiger partial charge is 0.318 e. The number of aromatic amines is 1. The molecule has 34 heavy (non-hydrogen) atoms. The van der Waals surface area contributed by atoms with Gasteiger partial charge in [0.1, 0.15) is 0 Å². The molecule has 2 N–H and O–H groups in total. The number of carbonyl (C=O) groups is 1. The molecule has 2 unspecified atom stereocenters. The number of anilines is 1. The first-order valence-corrected chi connectivity index (χ1v) is 13.5. The summed E-state index contributed by atoms with van der Waals surface area (Å²) in [5.41, 5.74) is 3.89. The lowest BCUT2D eigenvalue weighted by molar-refractivity contribution is 0.102. The molecule has 3 aromatic rings. The van der Waals surface area contributed by atoms with E-state index in [1.807, 2.05) is 6.07 Å². The molecule has 0 saturated carbocycles. The van der Waals surface area contributed by atoms with Crippen LogP contribution in [0, 0.1) is 5.41 Å². The van der Waals surface area contributed by atoms with E-state index in [1.165, 1.54) is 0 Å². The van der Waals surface area contributed by atoms with Gasteiger partial charge in [-0.05, 0) is 49.1 Å². The summed E-state index contributed by atoms with van der Waals surface area (Å²) in [6, 6.07) is 3.16. The van der Waals surface area contributed by atoms with Crippen molar-refractivity contribution in [1.82, 2.24) is 25.0 Å². The molecule has 0 bridgehead atoms. The van der Waals surface area contributed by atoms with Gasteiger partial charge in [-0.2, -0.15) is 10.2 Å². The van der Waals surface area contributed by atoms with Gasteiger partial charge in [0.15, 0.2) is 15.5 Å². The van der Waals surface area contributed by atoms with Crippen molar-refractivity contribution in [3.8, 4) is 0 Å². The number of H-pyrrole nitrogens is 1. The monoisotopic (exact) mass is 482 g/mol. The molecule has 2 atom stereocenters. The summed E-state index contributed by atoms with van der Waals surface area (Å²) in [6.07, 6.45) is 11.4. The summed E-state index contributed by atoms with van der Waals surface area (Å²) < 4.78 is 27.5. The van der Waals surface area contributed by atoms with E-state index < -0.39 is 21.1 Å². The minimum atomic E-state index is -3.28. The summed E-state index contributed by atoms with van der Waals surface area (Å²) in [6.45, 7) is 4.44. The molecule has 0 aromatic carbocycles. The van der Waals surface area contributed by atoms with Crippen LogP contribution in [0.25, 0.3) is 0 Å². The fourth-order valence-corrected chi connectivity index (χ4v) is 7.31. The first kappa shape index (κ1) is 22.8. The van der Waals surface area contributed by atoms with Crippen molar-refractivity contribution in [1.29, 1.82) is 0 Å². The molecule has 5 rings (SSSR count). The zero-order valence-electron chi connectivity index (χ0n) is 19.5. The van der Waals surface area contributed by atoms with E-state index in [0.29, 0.717) is 24.2 Å². The van der Waals surface area contributed by atoms with Crippen molar-refractivity contribution in [2.45, 2.75) is 63.7 Å². The Morgan fingerprint density at radius 3 is 2.91 bits per heavy atom. The Morgan fingerprint density at radius 1 is 1.29 bits per heavy atom. The quantitative estimate of drug-likeness (QED) is 0.575. The molecule has 1 aliphatic heterocycles. The molecule has 10 heteroatoms. The van der Waals surface area contributed by atoms with Gasteiger partial charge in [0.05, 0.1) is 28.9 Å². The normalized spacial score (nSPS) is 22.0. The number of fused-ring (bicyclic) bond motifs is 1. The molecular formula is C24H30N6O3S. The van der Waals surface area contributed by atoms with Crippen LogP contribution in [0.15, 0.2) is 36.9 Å². The van der Waals surface area contributed by atoms with Gasteiger partial charge in [0.25, 0.3) is 5.91 Å². The van der Waals surface area contributed by atoms with E-state index >= 15 is 0 Å². The number of nitrogens with zero attached hydrogens (tertiary/aromatic N) is 4. The van der Waals surface area contributed by atoms with Crippen LogP contribution < -0.4 is 5.32 Å². The predicted molar refractivity (Wildman–Crippen MR) is 128 cm³/mol. The lowest BCUT2D eigenvalue weighted by atomic mass is 9.76. The first-order valence-electron chi connectivity index (χ1n) is 11.8. The molecule has 1 aliphatic carbocycles. The van der Waals surface area contributed by atoms with Crippen molar-refractivity contribution in [2.75, 3.05) is 11.1 Å². The molecule has 0 spiro atoms. The van der Waals surface area contributed by atoms with Crippen molar-refractivity contribution in [2.24, 2.45) is 5.41 Å². The van der Waals surface area contributed by atoms with E-state index in [2.05, 4.69) is 39.4 Å². The van der Waals surface area contributed by atoms with Gasteiger partial charge >= 0.3 is 0 Å². The summed E-state index contributed by atoms with van der Waals surface area (Å²) in [7, 11) is -3.28. The Morgan fingerprint density at radius 2 is 2.15 bits per heavy atom. The predicted octanol–water partition coefficient (Wildman–Crippen LogP) is 3.33. The number of nitrogens with one attached hydrogen (secondary N) is 2. The van der Waals surface area contributed by atoms with E-state index in [4.69, 9.17) is 0 Å². The maximum atomic E-state index is 13.0. The van der Waals surface area contributed by atoms with Crippen LogP contribution in [-0.4, -0.2) is 50.3 Å². The Balaban J connectivity index is 1.41. The minimum absolute atomic E-state index is 0.181. The number of rotatable bonds is 5. The topological polar surface area (TPSA) is 123 Å². The van der Waals surface area contributed by atoms with Crippen LogP contribution in [0.2, 0.25) is 0 Å². The Labute approximate surface area is 199 Å².